The van der Waals surface area contributed by atoms with Gasteiger partial charge in [-0.3, -0.25) is 14.4 Å². The predicted molar refractivity (Wildman–Crippen MR) is 122 cm³/mol. The first-order valence-corrected chi connectivity index (χ1v) is 10.8. The molecule has 1 saturated heterocycles. The summed E-state index contributed by atoms with van der Waals surface area (Å²) >= 11 is 0. The van der Waals surface area contributed by atoms with Crippen LogP contribution in [0.2, 0.25) is 0 Å². The number of hydrogen-bond acceptors (Lipinski definition) is 6. The maximum atomic E-state index is 12.3. The highest BCUT2D eigenvalue weighted by atomic mass is 16.5. The number of anilines is 2. The summed E-state index contributed by atoms with van der Waals surface area (Å²) in [6.45, 7) is 5.48. The smallest absolute Gasteiger partial charge is 0.325 e. The molecule has 0 bridgehead atoms. The number of benzene rings is 2. The van der Waals surface area contributed by atoms with Crippen LogP contribution < -0.4 is 20.3 Å². The van der Waals surface area contributed by atoms with E-state index in [4.69, 9.17) is 9.47 Å². The van der Waals surface area contributed by atoms with Crippen molar-refractivity contribution in [2.24, 2.45) is 0 Å². The molecule has 2 aromatic carbocycles. The summed E-state index contributed by atoms with van der Waals surface area (Å²) in [5.41, 5.74) is 3.09. The van der Waals surface area contributed by atoms with Gasteiger partial charge >= 0.3 is 5.97 Å². The van der Waals surface area contributed by atoms with E-state index in [1.54, 1.807) is 24.3 Å². The molecule has 1 aliphatic rings. The molecule has 2 aromatic rings. The monoisotopic (exact) mass is 439 g/mol. The van der Waals surface area contributed by atoms with Crippen LogP contribution in [0.1, 0.15) is 35.7 Å². The number of aryl methyl sites for hydroxylation is 1. The van der Waals surface area contributed by atoms with Crippen molar-refractivity contribution in [1.29, 1.82) is 0 Å². The number of carbonyl (C=O) groups excluding carboxylic acids is 3. The Labute approximate surface area is 187 Å². The Morgan fingerprint density at radius 2 is 1.81 bits per heavy atom. The van der Waals surface area contributed by atoms with Gasteiger partial charge in [-0.15, -0.1) is 0 Å². The summed E-state index contributed by atoms with van der Waals surface area (Å²) in [5, 5.41) is 5.24. The van der Waals surface area contributed by atoms with Crippen LogP contribution in [0.5, 0.6) is 5.75 Å². The lowest BCUT2D eigenvalue weighted by molar-refractivity contribution is -0.146. The number of rotatable bonds is 9. The van der Waals surface area contributed by atoms with Gasteiger partial charge in [-0.05, 0) is 62.6 Å². The number of nitrogens with one attached hydrogen (secondary N) is 2. The Hall–Kier alpha value is -3.55. The topological polar surface area (TPSA) is 97.0 Å². The molecule has 0 atom stereocenters. The molecule has 0 aliphatic carbocycles. The van der Waals surface area contributed by atoms with Crippen molar-refractivity contribution in [2.75, 3.05) is 43.1 Å². The largest absolute Gasteiger partial charge is 0.493 e. The Balaban J connectivity index is 1.44. The lowest BCUT2D eigenvalue weighted by Crippen LogP contribution is -2.32. The number of nitrogens with zero attached hydrogens (tertiary/aromatic N) is 1. The fourth-order valence-corrected chi connectivity index (χ4v) is 3.53. The molecule has 0 spiro atoms. The molecule has 1 aliphatic heterocycles. The van der Waals surface area contributed by atoms with Crippen LogP contribution >= 0.6 is 0 Å². The number of ether oxygens (including phenoxy) is 2. The van der Waals surface area contributed by atoms with Crippen molar-refractivity contribution in [2.45, 2.75) is 26.7 Å². The van der Waals surface area contributed by atoms with E-state index in [9.17, 15) is 14.4 Å². The molecule has 0 unspecified atom stereocenters. The fraction of sp³-hybridized carbons (Fsp3) is 0.375. The van der Waals surface area contributed by atoms with Crippen molar-refractivity contribution in [3.05, 3.63) is 53.6 Å². The Bertz CT molecular complexity index is 970. The number of hydrogen-bond donors (Lipinski definition) is 2. The first kappa shape index (κ1) is 23.1. The number of amides is 2. The van der Waals surface area contributed by atoms with E-state index in [1.807, 2.05) is 32.0 Å². The number of carbonyl (C=O) groups is 3. The van der Waals surface area contributed by atoms with Crippen molar-refractivity contribution in [1.82, 2.24) is 5.32 Å². The SMILES string of the molecule is CCOc1ccccc1C(=O)NCC(=O)OCC(=O)Nc1ccc(N2CCCC2)cc1C. The molecule has 2 N–H and O–H groups in total. The maximum absolute atomic E-state index is 12.3. The fourth-order valence-electron chi connectivity index (χ4n) is 3.53. The van der Waals surface area contributed by atoms with Gasteiger partial charge < -0.3 is 25.0 Å². The minimum atomic E-state index is -0.705. The van der Waals surface area contributed by atoms with Gasteiger partial charge in [0.2, 0.25) is 0 Å². The minimum absolute atomic E-state index is 0.327. The van der Waals surface area contributed by atoms with E-state index in [0.717, 1.165) is 24.3 Å². The Kier molecular flexibility index (Phi) is 8.08. The average molecular weight is 440 g/mol. The van der Waals surface area contributed by atoms with Crippen molar-refractivity contribution in [3.63, 3.8) is 0 Å². The average Bonchev–Trinajstić information content (AvgIpc) is 3.33. The molecule has 8 nitrogen and oxygen atoms in total. The van der Waals surface area contributed by atoms with Crippen LogP contribution in [0.25, 0.3) is 0 Å². The van der Waals surface area contributed by atoms with Crippen molar-refractivity contribution in [3.8, 4) is 5.75 Å². The van der Waals surface area contributed by atoms with Crippen LogP contribution in [-0.4, -0.2) is 50.6 Å². The first-order valence-electron chi connectivity index (χ1n) is 10.8. The Morgan fingerprint density at radius 3 is 2.53 bits per heavy atom. The molecule has 0 radical (unpaired) electrons. The summed E-state index contributed by atoms with van der Waals surface area (Å²) < 4.78 is 10.4. The van der Waals surface area contributed by atoms with Crippen LogP contribution in [0.15, 0.2) is 42.5 Å². The molecule has 0 aromatic heterocycles. The molecule has 1 fully saturated rings. The van der Waals surface area contributed by atoms with Gasteiger partial charge in [0.05, 0.1) is 12.2 Å². The summed E-state index contributed by atoms with van der Waals surface area (Å²) in [5.74, 6) is -1.16. The lowest BCUT2D eigenvalue weighted by atomic mass is 10.1. The van der Waals surface area contributed by atoms with Crippen LogP contribution in [0, 0.1) is 6.92 Å². The zero-order chi connectivity index (χ0) is 22.9. The maximum Gasteiger partial charge on any atom is 0.325 e. The van der Waals surface area contributed by atoms with Gasteiger partial charge in [0.1, 0.15) is 12.3 Å². The summed E-state index contributed by atoms with van der Waals surface area (Å²) in [4.78, 5) is 38.8. The minimum Gasteiger partial charge on any atom is -0.493 e. The number of esters is 1. The molecule has 32 heavy (non-hydrogen) atoms. The molecule has 3 rings (SSSR count). The molecular formula is C24H29N3O5. The quantitative estimate of drug-likeness (QED) is 0.583. The zero-order valence-corrected chi connectivity index (χ0v) is 18.5. The first-order chi connectivity index (χ1) is 15.5. The van der Waals surface area contributed by atoms with Crippen LogP contribution in [-0.2, 0) is 14.3 Å². The van der Waals surface area contributed by atoms with Gasteiger partial charge in [-0.1, -0.05) is 12.1 Å². The molecular weight excluding hydrogens is 410 g/mol. The van der Waals surface area contributed by atoms with Gasteiger partial charge in [-0.2, -0.15) is 0 Å². The van der Waals surface area contributed by atoms with Crippen molar-refractivity contribution >= 4 is 29.2 Å². The van der Waals surface area contributed by atoms with E-state index in [-0.39, 0.29) is 6.54 Å². The van der Waals surface area contributed by atoms with Crippen molar-refractivity contribution < 1.29 is 23.9 Å². The highest BCUT2D eigenvalue weighted by Gasteiger charge is 2.16. The zero-order valence-electron chi connectivity index (χ0n) is 18.5. The summed E-state index contributed by atoms with van der Waals surface area (Å²) in [6, 6.07) is 12.6. The molecule has 1 heterocycles. The predicted octanol–water partition coefficient (Wildman–Crippen LogP) is 2.91. The second-order valence-corrected chi connectivity index (χ2v) is 7.51. The third-order valence-electron chi connectivity index (χ3n) is 5.14. The molecule has 0 saturated carbocycles. The van der Waals surface area contributed by atoms with E-state index in [0.29, 0.717) is 23.6 Å². The highest BCUT2D eigenvalue weighted by molar-refractivity contribution is 5.98. The van der Waals surface area contributed by atoms with Gasteiger partial charge in [0.15, 0.2) is 6.61 Å². The lowest BCUT2D eigenvalue weighted by Gasteiger charge is -2.19. The van der Waals surface area contributed by atoms with Gasteiger partial charge in [0.25, 0.3) is 11.8 Å². The molecule has 2 amide bonds. The van der Waals surface area contributed by atoms with E-state index in [1.165, 1.54) is 12.8 Å². The summed E-state index contributed by atoms with van der Waals surface area (Å²) in [6.07, 6.45) is 2.39. The van der Waals surface area contributed by atoms with Gasteiger partial charge in [0, 0.05) is 24.5 Å². The standard InChI is InChI=1S/C24H29N3O5/c1-3-31-21-9-5-4-8-19(21)24(30)25-15-23(29)32-16-22(28)26-20-11-10-18(14-17(20)2)27-12-6-7-13-27/h4-5,8-11,14H,3,6-7,12-13,15-16H2,1-2H3,(H,25,30)(H,26,28). The second-order valence-electron chi connectivity index (χ2n) is 7.51. The summed E-state index contributed by atoms with van der Waals surface area (Å²) in [7, 11) is 0. The second kappa shape index (κ2) is 11.2. The number of para-hydroxylation sites is 1. The van der Waals surface area contributed by atoms with E-state index in [2.05, 4.69) is 15.5 Å². The normalized spacial score (nSPS) is 12.9. The van der Waals surface area contributed by atoms with E-state index >= 15 is 0 Å². The van der Waals surface area contributed by atoms with Crippen LogP contribution in [0.4, 0.5) is 11.4 Å². The third-order valence-corrected chi connectivity index (χ3v) is 5.14. The van der Waals surface area contributed by atoms with Crippen LogP contribution in [0.3, 0.4) is 0 Å². The molecule has 8 heteroatoms. The molecule has 170 valence electrons. The van der Waals surface area contributed by atoms with E-state index < -0.39 is 24.4 Å². The Morgan fingerprint density at radius 1 is 1.06 bits per heavy atom. The van der Waals surface area contributed by atoms with Gasteiger partial charge in [-0.25, -0.2) is 0 Å². The third kappa shape index (κ3) is 6.23. The highest BCUT2D eigenvalue weighted by Crippen LogP contribution is 2.25.